The summed E-state index contributed by atoms with van der Waals surface area (Å²) in [5.41, 5.74) is 1.72. The lowest BCUT2D eigenvalue weighted by molar-refractivity contribution is 0.0952. The third-order valence-electron chi connectivity index (χ3n) is 2.95. The van der Waals surface area contributed by atoms with Gasteiger partial charge in [-0.05, 0) is 30.3 Å². The number of aromatic nitrogens is 1. The van der Waals surface area contributed by atoms with Crippen LogP contribution >= 0.6 is 0 Å². The van der Waals surface area contributed by atoms with Gasteiger partial charge in [0.2, 0.25) is 0 Å². The number of anilines is 1. The molecule has 0 radical (unpaired) electrons. The van der Waals surface area contributed by atoms with Crippen molar-refractivity contribution in [2.24, 2.45) is 0 Å². The summed E-state index contributed by atoms with van der Waals surface area (Å²) in [7, 11) is 3.92. The number of benzene rings is 1. The van der Waals surface area contributed by atoms with Gasteiger partial charge >= 0.3 is 0 Å². The van der Waals surface area contributed by atoms with E-state index in [4.69, 9.17) is 0 Å². The Bertz CT molecular complexity index is 532. The van der Waals surface area contributed by atoms with Gasteiger partial charge in [-0.25, -0.2) is 0 Å². The van der Waals surface area contributed by atoms with Gasteiger partial charge in [0.05, 0.1) is 0 Å². The van der Waals surface area contributed by atoms with Crippen LogP contribution in [0.25, 0.3) is 0 Å². The minimum absolute atomic E-state index is 0.0316. The van der Waals surface area contributed by atoms with Crippen LogP contribution < -0.4 is 10.2 Å². The number of carbonyl (C=O) groups excluding carboxylic acids is 1. The first-order valence-corrected chi connectivity index (χ1v) is 6.33. The maximum absolute atomic E-state index is 12.0. The van der Waals surface area contributed by atoms with E-state index in [1.165, 1.54) is 0 Å². The predicted octanol–water partition coefficient (Wildman–Crippen LogP) is 1.98. The third-order valence-corrected chi connectivity index (χ3v) is 2.95. The van der Waals surface area contributed by atoms with Crippen LogP contribution in [0.2, 0.25) is 0 Å². The maximum atomic E-state index is 12.0. The SMILES string of the molecule is CN(C)c1cccc(C(=O)NCCn2cccc2)c1. The molecular formula is C15H19N3O. The lowest BCUT2D eigenvalue weighted by Crippen LogP contribution is -2.27. The van der Waals surface area contributed by atoms with Crippen molar-refractivity contribution in [3.63, 3.8) is 0 Å². The standard InChI is InChI=1S/C15H19N3O/c1-17(2)14-7-5-6-13(12-14)15(19)16-8-11-18-9-3-4-10-18/h3-7,9-10,12H,8,11H2,1-2H3,(H,16,19). The maximum Gasteiger partial charge on any atom is 0.251 e. The van der Waals surface area contributed by atoms with E-state index in [9.17, 15) is 4.79 Å². The number of nitrogens with one attached hydrogen (secondary N) is 1. The summed E-state index contributed by atoms with van der Waals surface area (Å²) in [5.74, 6) is -0.0316. The van der Waals surface area contributed by atoms with E-state index in [1.54, 1.807) is 0 Å². The summed E-state index contributed by atoms with van der Waals surface area (Å²) in [4.78, 5) is 14.0. The van der Waals surface area contributed by atoms with Crippen molar-refractivity contribution >= 4 is 11.6 Å². The molecule has 1 aromatic carbocycles. The highest BCUT2D eigenvalue weighted by Crippen LogP contribution is 2.13. The fourth-order valence-corrected chi connectivity index (χ4v) is 1.85. The molecule has 0 atom stereocenters. The molecule has 0 bridgehead atoms. The largest absolute Gasteiger partial charge is 0.378 e. The first-order valence-electron chi connectivity index (χ1n) is 6.33. The van der Waals surface area contributed by atoms with Gasteiger partial charge in [0.1, 0.15) is 0 Å². The number of hydrogen-bond acceptors (Lipinski definition) is 2. The number of amides is 1. The highest BCUT2D eigenvalue weighted by molar-refractivity contribution is 5.95. The summed E-state index contributed by atoms with van der Waals surface area (Å²) in [6, 6.07) is 11.6. The summed E-state index contributed by atoms with van der Waals surface area (Å²) in [6.07, 6.45) is 3.97. The quantitative estimate of drug-likeness (QED) is 0.889. The molecule has 0 saturated heterocycles. The van der Waals surface area contributed by atoms with E-state index in [0.29, 0.717) is 12.1 Å². The number of rotatable bonds is 5. The Labute approximate surface area is 113 Å². The van der Waals surface area contributed by atoms with E-state index in [-0.39, 0.29) is 5.91 Å². The van der Waals surface area contributed by atoms with E-state index in [2.05, 4.69) is 5.32 Å². The smallest absolute Gasteiger partial charge is 0.251 e. The van der Waals surface area contributed by atoms with Crippen molar-refractivity contribution in [2.45, 2.75) is 6.54 Å². The van der Waals surface area contributed by atoms with Crippen LogP contribution in [0.15, 0.2) is 48.8 Å². The summed E-state index contributed by atoms with van der Waals surface area (Å²) in [6.45, 7) is 1.41. The minimum Gasteiger partial charge on any atom is -0.378 e. The first-order chi connectivity index (χ1) is 9.16. The van der Waals surface area contributed by atoms with Gasteiger partial charge in [0.25, 0.3) is 5.91 Å². The second-order valence-corrected chi connectivity index (χ2v) is 4.62. The Morgan fingerprint density at radius 2 is 1.95 bits per heavy atom. The molecule has 0 unspecified atom stereocenters. The number of nitrogens with zero attached hydrogens (tertiary/aromatic N) is 2. The van der Waals surface area contributed by atoms with Gasteiger partial charge in [-0.3, -0.25) is 4.79 Å². The molecule has 1 amide bonds. The Balaban J connectivity index is 1.90. The molecule has 2 rings (SSSR count). The van der Waals surface area contributed by atoms with E-state index in [1.807, 2.05) is 72.4 Å². The molecule has 0 aliphatic carbocycles. The van der Waals surface area contributed by atoms with Crippen molar-refractivity contribution in [1.82, 2.24) is 9.88 Å². The number of hydrogen-bond donors (Lipinski definition) is 1. The number of carbonyl (C=O) groups is 1. The molecule has 100 valence electrons. The van der Waals surface area contributed by atoms with Gasteiger partial charge in [-0.1, -0.05) is 6.07 Å². The van der Waals surface area contributed by atoms with Crippen molar-refractivity contribution in [2.75, 3.05) is 25.5 Å². The predicted molar refractivity (Wildman–Crippen MR) is 77.5 cm³/mol. The third kappa shape index (κ3) is 3.61. The molecule has 0 fully saturated rings. The van der Waals surface area contributed by atoms with Crippen LogP contribution in [0.3, 0.4) is 0 Å². The van der Waals surface area contributed by atoms with E-state index >= 15 is 0 Å². The van der Waals surface area contributed by atoms with Crippen LogP contribution in [0.1, 0.15) is 10.4 Å². The lowest BCUT2D eigenvalue weighted by atomic mass is 10.2. The van der Waals surface area contributed by atoms with Gasteiger partial charge in [-0.15, -0.1) is 0 Å². The molecular weight excluding hydrogens is 238 g/mol. The Kier molecular flexibility index (Phi) is 4.23. The first kappa shape index (κ1) is 13.2. The molecule has 1 N–H and O–H groups in total. The molecule has 0 saturated carbocycles. The minimum atomic E-state index is -0.0316. The summed E-state index contributed by atoms with van der Waals surface area (Å²) < 4.78 is 2.04. The molecule has 1 heterocycles. The van der Waals surface area contributed by atoms with Gasteiger partial charge in [-0.2, -0.15) is 0 Å². The summed E-state index contributed by atoms with van der Waals surface area (Å²) in [5, 5.41) is 2.93. The average molecular weight is 257 g/mol. The normalized spacial score (nSPS) is 10.2. The van der Waals surface area contributed by atoms with E-state index < -0.39 is 0 Å². The van der Waals surface area contributed by atoms with Crippen LogP contribution in [0, 0.1) is 0 Å². The van der Waals surface area contributed by atoms with Gasteiger partial charge < -0.3 is 14.8 Å². The monoisotopic (exact) mass is 257 g/mol. The van der Waals surface area contributed by atoms with Crippen molar-refractivity contribution < 1.29 is 4.79 Å². The van der Waals surface area contributed by atoms with Crippen LogP contribution in [0.4, 0.5) is 5.69 Å². The molecule has 0 spiro atoms. The van der Waals surface area contributed by atoms with Crippen molar-refractivity contribution in [3.8, 4) is 0 Å². The van der Waals surface area contributed by atoms with Crippen molar-refractivity contribution in [1.29, 1.82) is 0 Å². The second kappa shape index (κ2) is 6.09. The zero-order chi connectivity index (χ0) is 13.7. The topological polar surface area (TPSA) is 37.3 Å². The highest BCUT2D eigenvalue weighted by atomic mass is 16.1. The molecule has 2 aromatic rings. The Hall–Kier alpha value is -2.23. The van der Waals surface area contributed by atoms with Gasteiger partial charge in [0.15, 0.2) is 0 Å². The highest BCUT2D eigenvalue weighted by Gasteiger charge is 2.06. The summed E-state index contributed by atoms with van der Waals surface area (Å²) >= 11 is 0. The van der Waals surface area contributed by atoms with Crippen molar-refractivity contribution in [3.05, 3.63) is 54.4 Å². The van der Waals surface area contributed by atoms with Gasteiger partial charge in [0, 0.05) is 50.8 Å². The fraction of sp³-hybridized carbons (Fsp3) is 0.267. The lowest BCUT2D eigenvalue weighted by Gasteiger charge is -2.13. The zero-order valence-corrected chi connectivity index (χ0v) is 11.3. The average Bonchev–Trinajstić information content (AvgIpc) is 2.92. The zero-order valence-electron chi connectivity index (χ0n) is 11.3. The Morgan fingerprint density at radius 1 is 1.21 bits per heavy atom. The molecule has 4 heteroatoms. The molecule has 0 aliphatic heterocycles. The van der Waals surface area contributed by atoms with Crippen LogP contribution in [-0.4, -0.2) is 31.1 Å². The Morgan fingerprint density at radius 3 is 2.63 bits per heavy atom. The van der Waals surface area contributed by atoms with Crippen LogP contribution in [-0.2, 0) is 6.54 Å². The molecule has 19 heavy (non-hydrogen) atoms. The van der Waals surface area contributed by atoms with E-state index in [0.717, 1.165) is 12.2 Å². The fourth-order valence-electron chi connectivity index (χ4n) is 1.85. The molecule has 4 nitrogen and oxygen atoms in total. The van der Waals surface area contributed by atoms with Crippen LogP contribution in [0.5, 0.6) is 0 Å². The molecule has 0 aliphatic rings. The molecule has 1 aromatic heterocycles. The second-order valence-electron chi connectivity index (χ2n) is 4.62.